The van der Waals surface area contributed by atoms with Gasteiger partial charge in [0.05, 0.1) is 18.8 Å². The van der Waals surface area contributed by atoms with Gasteiger partial charge in [-0.2, -0.15) is 0 Å². The van der Waals surface area contributed by atoms with E-state index >= 15 is 0 Å². The van der Waals surface area contributed by atoms with Gasteiger partial charge in [-0.05, 0) is 30.4 Å². The van der Waals surface area contributed by atoms with Crippen LogP contribution in [0.5, 0.6) is 5.75 Å². The van der Waals surface area contributed by atoms with Gasteiger partial charge < -0.3 is 14.7 Å². The van der Waals surface area contributed by atoms with Gasteiger partial charge in [0.15, 0.2) is 0 Å². The van der Waals surface area contributed by atoms with Crippen LogP contribution in [0.25, 0.3) is 0 Å². The highest BCUT2D eigenvalue weighted by atomic mass is 16.5. The Kier molecular flexibility index (Phi) is 5.81. The zero-order valence-electron chi connectivity index (χ0n) is 16.6. The number of aliphatic hydroxyl groups excluding tert-OH is 1. The molecule has 0 aliphatic carbocycles. The van der Waals surface area contributed by atoms with Gasteiger partial charge in [0.1, 0.15) is 11.8 Å². The number of amides is 3. The first kappa shape index (κ1) is 20.1. The van der Waals surface area contributed by atoms with Crippen LogP contribution < -0.4 is 10.1 Å². The van der Waals surface area contributed by atoms with E-state index in [1.54, 1.807) is 12.1 Å². The van der Waals surface area contributed by atoms with Crippen LogP contribution in [0.2, 0.25) is 0 Å². The van der Waals surface area contributed by atoms with Crippen LogP contribution in [-0.4, -0.2) is 40.4 Å². The number of fused-ring (bicyclic) bond motifs is 1. The number of aliphatic hydroxyl groups is 1. The molecule has 7 heteroatoms. The Balaban J connectivity index is 1.49. The molecule has 2 aromatic rings. The van der Waals surface area contributed by atoms with Crippen LogP contribution in [-0.2, 0) is 29.2 Å². The van der Waals surface area contributed by atoms with Crippen LogP contribution in [0.15, 0.2) is 42.5 Å². The van der Waals surface area contributed by atoms with Crippen LogP contribution in [0.4, 0.5) is 0 Å². The predicted molar refractivity (Wildman–Crippen MR) is 109 cm³/mol. The monoisotopic (exact) mass is 408 g/mol. The highest BCUT2D eigenvalue weighted by Gasteiger charge is 2.41. The maximum absolute atomic E-state index is 13.2. The average molecular weight is 408 g/mol. The fourth-order valence-corrected chi connectivity index (χ4v) is 4.05. The molecule has 2 N–H and O–H groups in total. The lowest BCUT2D eigenvalue weighted by Gasteiger charge is -2.29. The molecule has 0 spiro atoms. The Morgan fingerprint density at radius 2 is 1.90 bits per heavy atom. The highest BCUT2D eigenvalue weighted by molar-refractivity contribution is 6.06. The van der Waals surface area contributed by atoms with Crippen molar-refractivity contribution < 1.29 is 24.2 Å². The highest BCUT2D eigenvalue weighted by Crippen LogP contribution is 2.36. The van der Waals surface area contributed by atoms with Gasteiger partial charge >= 0.3 is 0 Å². The van der Waals surface area contributed by atoms with E-state index in [-0.39, 0.29) is 31.4 Å². The summed E-state index contributed by atoms with van der Waals surface area (Å²) in [5.74, 6) is -0.666. The van der Waals surface area contributed by atoms with Crippen molar-refractivity contribution in [2.24, 2.45) is 0 Å². The van der Waals surface area contributed by atoms with Crippen LogP contribution >= 0.6 is 0 Å². The van der Waals surface area contributed by atoms with E-state index in [1.165, 1.54) is 10.5 Å². The van der Waals surface area contributed by atoms with Gasteiger partial charge in [-0.25, -0.2) is 0 Å². The topological polar surface area (TPSA) is 95.9 Å². The van der Waals surface area contributed by atoms with E-state index in [1.807, 2.05) is 18.2 Å². The third kappa shape index (κ3) is 3.93. The molecule has 1 unspecified atom stereocenters. The number of carbonyl (C=O) groups is 3. The first-order chi connectivity index (χ1) is 14.6. The quantitative estimate of drug-likeness (QED) is 0.539. The van der Waals surface area contributed by atoms with Crippen LogP contribution in [0, 0.1) is 0 Å². The number of hydrogen-bond acceptors (Lipinski definition) is 5. The summed E-state index contributed by atoms with van der Waals surface area (Å²) in [5, 5.41) is 12.1. The van der Waals surface area contributed by atoms with E-state index in [9.17, 15) is 19.5 Å². The number of hydrogen-bond donors (Lipinski definition) is 2. The number of piperidine rings is 1. The van der Waals surface area contributed by atoms with Crippen molar-refractivity contribution >= 4 is 17.7 Å². The van der Waals surface area contributed by atoms with Crippen molar-refractivity contribution in [1.29, 1.82) is 0 Å². The van der Waals surface area contributed by atoms with Crippen LogP contribution in [0.1, 0.15) is 46.3 Å². The third-order valence-electron chi connectivity index (χ3n) is 5.60. The molecule has 1 saturated heterocycles. The Hall–Kier alpha value is -3.19. The van der Waals surface area contributed by atoms with Crippen molar-refractivity contribution in [2.75, 3.05) is 6.61 Å². The van der Waals surface area contributed by atoms with Gasteiger partial charge in [-0.15, -0.1) is 0 Å². The van der Waals surface area contributed by atoms with E-state index in [4.69, 9.17) is 4.74 Å². The maximum Gasteiger partial charge on any atom is 0.258 e. The Morgan fingerprint density at radius 3 is 2.63 bits per heavy atom. The lowest BCUT2D eigenvalue weighted by atomic mass is 10.0. The van der Waals surface area contributed by atoms with Crippen molar-refractivity contribution in [3.8, 4) is 5.75 Å². The van der Waals surface area contributed by atoms with Crippen molar-refractivity contribution in [1.82, 2.24) is 10.2 Å². The summed E-state index contributed by atoms with van der Waals surface area (Å²) in [6.45, 7) is 0.448. The minimum Gasteiger partial charge on any atom is -0.492 e. The molecule has 0 saturated carbocycles. The number of nitrogens with one attached hydrogen (secondary N) is 1. The molecular weight excluding hydrogens is 384 g/mol. The summed E-state index contributed by atoms with van der Waals surface area (Å²) in [4.78, 5) is 38.3. The molecule has 1 fully saturated rings. The smallest absolute Gasteiger partial charge is 0.258 e. The number of aryl methyl sites for hydroxylation is 1. The number of nitrogens with zero attached hydrogens (tertiary/aromatic N) is 1. The summed E-state index contributed by atoms with van der Waals surface area (Å²) in [6, 6.07) is 12.9. The molecule has 156 valence electrons. The first-order valence-electron chi connectivity index (χ1n) is 10.2. The maximum atomic E-state index is 13.2. The fourth-order valence-electron chi connectivity index (χ4n) is 4.05. The van der Waals surface area contributed by atoms with Gasteiger partial charge in [-0.3, -0.25) is 19.7 Å². The molecule has 1 atom stereocenters. The summed E-state index contributed by atoms with van der Waals surface area (Å²) < 4.78 is 5.98. The molecule has 3 amide bonds. The normalized spacial score (nSPS) is 18.4. The predicted octanol–water partition coefficient (Wildman–Crippen LogP) is 1.95. The molecule has 2 heterocycles. The van der Waals surface area contributed by atoms with Gasteiger partial charge in [-0.1, -0.05) is 42.5 Å². The average Bonchev–Trinajstić information content (AvgIpc) is 3.08. The lowest BCUT2D eigenvalue weighted by Crippen LogP contribution is -2.52. The zero-order valence-corrected chi connectivity index (χ0v) is 16.6. The van der Waals surface area contributed by atoms with Crippen molar-refractivity contribution in [3.63, 3.8) is 0 Å². The first-order valence-corrected chi connectivity index (χ1v) is 10.2. The van der Waals surface area contributed by atoms with E-state index in [2.05, 4.69) is 17.4 Å². The largest absolute Gasteiger partial charge is 0.492 e. The summed E-state index contributed by atoms with van der Waals surface area (Å²) in [5.41, 5.74) is 2.93. The minimum absolute atomic E-state index is 0.210. The summed E-state index contributed by atoms with van der Waals surface area (Å²) >= 11 is 0. The Labute approximate surface area is 174 Å². The number of ether oxygens (including phenoxy) is 1. The fraction of sp³-hybridized carbons (Fsp3) is 0.348. The molecule has 0 bridgehead atoms. The van der Waals surface area contributed by atoms with Crippen molar-refractivity contribution in [3.05, 3.63) is 64.7 Å². The Bertz CT molecular complexity index is 973. The van der Waals surface area contributed by atoms with E-state index < -0.39 is 11.9 Å². The molecule has 2 aliphatic heterocycles. The summed E-state index contributed by atoms with van der Waals surface area (Å²) in [7, 11) is 0. The third-order valence-corrected chi connectivity index (χ3v) is 5.60. The SMILES string of the molecule is O=C1CCC(N2Cc3ccc(CO)c(OCCCc4ccccc4)c3C2=O)C(=O)N1. The molecule has 0 aromatic heterocycles. The number of benzene rings is 2. The Morgan fingerprint density at radius 1 is 1.10 bits per heavy atom. The second kappa shape index (κ2) is 8.67. The van der Waals surface area contributed by atoms with Gasteiger partial charge in [0.25, 0.3) is 5.91 Å². The molecule has 2 aromatic carbocycles. The lowest BCUT2D eigenvalue weighted by molar-refractivity contribution is -0.136. The molecule has 0 radical (unpaired) electrons. The van der Waals surface area contributed by atoms with Gasteiger partial charge in [0, 0.05) is 18.5 Å². The molecule has 2 aliphatic rings. The second-order valence-corrected chi connectivity index (χ2v) is 7.58. The van der Waals surface area contributed by atoms with E-state index in [0.717, 1.165) is 18.4 Å². The minimum atomic E-state index is -0.675. The van der Waals surface area contributed by atoms with Crippen LogP contribution in [0.3, 0.4) is 0 Å². The standard InChI is InChI=1S/C23H24N2O5/c26-14-17-9-8-16-13-25(18-10-11-19(27)24-22(18)28)23(29)20(16)21(17)30-12-4-7-15-5-2-1-3-6-15/h1-3,5-6,8-9,18,26H,4,7,10-14H2,(H,24,27,28). The zero-order chi connectivity index (χ0) is 21.1. The number of rotatable bonds is 7. The molecule has 7 nitrogen and oxygen atoms in total. The summed E-state index contributed by atoms with van der Waals surface area (Å²) in [6.07, 6.45) is 2.13. The van der Waals surface area contributed by atoms with E-state index in [0.29, 0.717) is 29.9 Å². The second-order valence-electron chi connectivity index (χ2n) is 7.58. The molecule has 30 heavy (non-hydrogen) atoms. The van der Waals surface area contributed by atoms with Gasteiger partial charge in [0.2, 0.25) is 11.8 Å². The number of imide groups is 1. The van der Waals surface area contributed by atoms with Crippen molar-refractivity contribution in [2.45, 2.75) is 44.9 Å². The molecular formula is C23H24N2O5. The number of carbonyl (C=O) groups excluding carboxylic acids is 3. The molecule has 4 rings (SSSR count).